The molecule has 0 aliphatic rings. The van der Waals surface area contributed by atoms with E-state index in [9.17, 15) is 0 Å². The van der Waals surface area contributed by atoms with E-state index in [1.54, 1.807) is 0 Å². The molecule has 1 aromatic rings. The summed E-state index contributed by atoms with van der Waals surface area (Å²) in [6.45, 7) is 8.66. The van der Waals surface area contributed by atoms with Gasteiger partial charge in [-0.2, -0.15) is 0 Å². The summed E-state index contributed by atoms with van der Waals surface area (Å²) in [6, 6.07) is 7.99. The quantitative estimate of drug-likeness (QED) is 0.740. The van der Waals surface area contributed by atoms with Gasteiger partial charge in [0, 0.05) is 11.6 Å². The van der Waals surface area contributed by atoms with Gasteiger partial charge in [-0.05, 0) is 36.6 Å². The van der Waals surface area contributed by atoms with Gasteiger partial charge in [0.2, 0.25) is 0 Å². The average Bonchev–Trinajstić information content (AvgIpc) is 2.28. The van der Waals surface area contributed by atoms with Gasteiger partial charge < -0.3 is 5.32 Å². The smallest absolute Gasteiger partial charge is 0.0411 e. The summed E-state index contributed by atoms with van der Waals surface area (Å²) in [5.41, 5.74) is 2.60. The van der Waals surface area contributed by atoms with Crippen LogP contribution in [-0.2, 0) is 0 Å². The molecule has 1 N–H and O–H groups in total. The first kappa shape index (κ1) is 14.3. The zero-order valence-electron chi connectivity index (χ0n) is 11.0. The molecule has 1 rings (SSSR count). The Bertz CT molecular complexity index is 369. The van der Waals surface area contributed by atoms with Crippen LogP contribution in [0.4, 0.5) is 0 Å². The molecule has 0 heterocycles. The van der Waals surface area contributed by atoms with Crippen molar-refractivity contribution in [2.75, 3.05) is 13.1 Å². The molecule has 2 heteroatoms. The molecular formula is C15H22ClN. The molecule has 0 bridgehead atoms. The number of benzene rings is 1. The van der Waals surface area contributed by atoms with Crippen molar-refractivity contribution in [1.82, 2.24) is 5.32 Å². The van der Waals surface area contributed by atoms with Crippen LogP contribution in [-0.4, -0.2) is 13.1 Å². The van der Waals surface area contributed by atoms with Gasteiger partial charge in [-0.3, -0.25) is 0 Å². The molecule has 0 spiro atoms. The summed E-state index contributed by atoms with van der Waals surface area (Å²) in [4.78, 5) is 0. The number of hydrogen-bond donors (Lipinski definition) is 1. The molecule has 0 fully saturated rings. The van der Waals surface area contributed by atoms with Crippen LogP contribution in [0, 0.1) is 5.92 Å². The van der Waals surface area contributed by atoms with Crippen molar-refractivity contribution in [3.05, 3.63) is 40.4 Å². The van der Waals surface area contributed by atoms with Gasteiger partial charge in [-0.1, -0.05) is 56.2 Å². The van der Waals surface area contributed by atoms with E-state index in [0.717, 1.165) is 18.1 Å². The lowest BCUT2D eigenvalue weighted by molar-refractivity contribution is 0.657. The maximum Gasteiger partial charge on any atom is 0.0411 e. The van der Waals surface area contributed by atoms with Crippen molar-refractivity contribution >= 4 is 17.7 Å². The Morgan fingerprint density at radius 3 is 2.76 bits per heavy atom. The summed E-state index contributed by atoms with van der Waals surface area (Å²) in [7, 11) is 0. The second kappa shape index (κ2) is 7.52. The van der Waals surface area contributed by atoms with Crippen LogP contribution in [0.2, 0.25) is 5.02 Å². The molecule has 94 valence electrons. The normalized spacial score (nSPS) is 12.2. The Hall–Kier alpha value is -0.790. The topological polar surface area (TPSA) is 12.0 Å². The van der Waals surface area contributed by atoms with Gasteiger partial charge in [-0.15, -0.1) is 0 Å². The highest BCUT2D eigenvalue weighted by Gasteiger charge is 2.03. The molecule has 17 heavy (non-hydrogen) atoms. The van der Waals surface area contributed by atoms with Crippen LogP contribution in [0.3, 0.4) is 0 Å². The number of halogens is 1. The van der Waals surface area contributed by atoms with Crippen LogP contribution in [0.5, 0.6) is 0 Å². The SMILES string of the molecule is CCCNCC(=Cc1cccc(Cl)c1)C(C)C. The Morgan fingerprint density at radius 2 is 2.18 bits per heavy atom. The van der Waals surface area contributed by atoms with Crippen LogP contribution < -0.4 is 5.32 Å². The number of hydrogen-bond acceptors (Lipinski definition) is 1. The zero-order chi connectivity index (χ0) is 12.7. The van der Waals surface area contributed by atoms with E-state index < -0.39 is 0 Å². The lowest BCUT2D eigenvalue weighted by Crippen LogP contribution is -2.19. The maximum absolute atomic E-state index is 5.99. The molecule has 0 aromatic heterocycles. The summed E-state index contributed by atoms with van der Waals surface area (Å²) in [6.07, 6.45) is 3.40. The summed E-state index contributed by atoms with van der Waals surface area (Å²) < 4.78 is 0. The third kappa shape index (κ3) is 5.38. The Morgan fingerprint density at radius 1 is 1.41 bits per heavy atom. The minimum absolute atomic E-state index is 0.554. The molecule has 1 nitrogen and oxygen atoms in total. The summed E-state index contributed by atoms with van der Waals surface area (Å²) >= 11 is 5.99. The number of rotatable bonds is 6. The van der Waals surface area contributed by atoms with E-state index in [0.29, 0.717) is 5.92 Å². The van der Waals surface area contributed by atoms with E-state index in [4.69, 9.17) is 11.6 Å². The minimum Gasteiger partial charge on any atom is -0.313 e. The Labute approximate surface area is 110 Å². The standard InChI is InChI=1S/C15H22ClN/c1-4-8-17-11-14(12(2)3)9-13-6-5-7-15(16)10-13/h5-7,9-10,12,17H,4,8,11H2,1-3H3. The predicted molar refractivity (Wildman–Crippen MR) is 77.4 cm³/mol. The van der Waals surface area contributed by atoms with Gasteiger partial charge in [-0.25, -0.2) is 0 Å². The van der Waals surface area contributed by atoms with Crippen molar-refractivity contribution in [2.45, 2.75) is 27.2 Å². The van der Waals surface area contributed by atoms with E-state index in [2.05, 4.69) is 38.2 Å². The largest absolute Gasteiger partial charge is 0.313 e. The molecule has 0 saturated heterocycles. The summed E-state index contributed by atoms with van der Waals surface area (Å²) in [5, 5.41) is 4.24. The van der Waals surface area contributed by atoms with Gasteiger partial charge in [0.25, 0.3) is 0 Å². The van der Waals surface area contributed by atoms with E-state index in [1.807, 2.05) is 18.2 Å². The highest BCUT2D eigenvalue weighted by Crippen LogP contribution is 2.17. The molecule has 1 aromatic carbocycles. The van der Waals surface area contributed by atoms with Crippen molar-refractivity contribution in [3.63, 3.8) is 0 Å². The van der Waals surface area contributed by atoms with Crippen molar-refractivity contribution in [2.24, 2.45) is 5.92 Å². The molecule has 0 aliphatic heterocycles. The summed E-state index contributed by atoms with van der Waals surface area (Å²) in [5.74, 6) is 0.554. The third-order valence-electron chi connectivity index (χ3n) is 2.70. The molecule has 0 radical (unpaired) electrons. The van der Waals surface area contributed by atoms with Crippen molar-refractivity contribution in [1.29, 1.82) is 0 Å². The fourth-order valence-corrected chi connectivity index (χ4v) is 1.84. The predicted octanol–water partition coefficient (Wildman–Crippen LogP) is 4.38. The molecule has 0 saturated carbocycles. The lowest BCUT2D eigenvalue weighted by atomic mass is 10.0. The second-order valence-corrected chi connectivity index (χ2v) is 5.04. The minimum atomic E-state index is 0.554. The van der Waals surface area contributed by atoms with Gasteiger partial charge in [0.1, 0.15) is 0 Å². The Balaban J connectivity index is 2.75. The Kier molecular flexibility index (Phi) is 6.31. The van der Waals surface area contributed by atoms with Crippen LogP contribution in [0.25, 0.3) is 6.08 Å². The first-order chi connectivity index (χ1) is 8.13. The van der Waals surface area contributed by atoms with Gasteiger partial charge in [0.05, 0.1) is 0 Å². The monoisotopic (exact) mass is 251 g/mol. The van der Waals surface area contributed by atoms with Crippen molar-refractivity contribution in [3.8, 4) is 0 Å². The third-order valence-corrected chi connectivity index (χ3v) is 2.93. The van der Waals surface area contributed by atoms with E-state index in [1.165, 1.54) is 17.6 Å². The first-order valence-corrected chi connectivity index (χ1v) is 6.68. The highest BCUT2D eigenvalue weighted by atomic mass is 35.5. The zero-order valence-corrected chi connectivity index (χ0v) is 11.7. The fourth-order valence-electron chi connectivity index (χ4n) is 1.64. The second-order valence-electron chi connectivity index (χ2n) is 4.61. The number of nitrogens with one attached hydrogen (secondary N) is 1. The molecule has 0 atom stereocenters. The first-order valence-electron chi connectivity index (χ1n) is 6.30. The van der Waals surface area contributed by atoms with E-state index >= 15 is 0 Å². The molecule has 0 unspecified atom stereocenters. The van der Waals surface area contributed by atoms with Gasteiger partial charge >= 0.3 is 0 Å². The average molecular weight is 252 g/mol. The lowest BCUT2D eigenvalue weighted by Gasteiger charge is -2.12. The maximum atomic E-state index is 5.99. The molecule has 0 amide bonds. The van der Waals surface area contributed by atoms with Crippen LogP contribution in [0.1, 0.15) is 32.8 Å². The fraction of sp³-hybridized carbons (Fsp3) is 0.467. The van der Waals surface area contributed by atoms with Crippen molar-refractivity contribution < 1.29 is 0 Å². The van der Waals surface area contributed by atoms with Gasteiger partial charge in [0.15, 0.2) is 0 Å². The highest BCUT2D eigenvalue weighted by molar-refractivity contribution is 6.30. The molecular weight excluding hydrogens is 230 g/mol. The molecule has 0 aliphatic carbocycles. The van der Waals surface area contributed by atoms with Crippen LogP contribution in [0.15, 0.2) is 29.8 Å². The van der Waals surface area contributed by atoms with Crippen LogP contribution >= 0.6 is 11.6 Å². The van der Waals surface area contributed by atoms with E-state index in [-0.39, 0.29) is 0 Å².